The molecule has 5 nitrogen and oxygen atoms in total. The Labute approximate surface area is 144 Å². The molecule has 2 heterocycles. The summed E-state index contributed by atoms with van der Waals surface area (Å²) in [6.07, 6.45) is 7.75. The van der Waals surface area contributed by atoms with Crippen LogP contribution in [0, 0.1) is 0 Å². The summed E-state index contributed by atoms with van der Waals surface area (Å²) in [5.74, 6) is 0.565. The van der Waals surface area contributed by atoms with E-state index in [1.807, 2.05) is 25.2 Å². The van der Waals surface area contributed by atoms with Crippen LogP contribution in [0.1, 0.15) is 35.7 Å². The molecule has 1 fully saturated rings. The average Bonchev–Trinajstić information content (AvgIpc) is 2.87. The first-order valence-corrected chi connectivity index (χ1v) is 8.39. The van der Waals surface area contributed by atoms with Crippen molar-refractivity contribution in [3.63, 3.8) is 0 Å². The fraction of sp³-hybridized carbons (Fsp3) is 0.278. The average molecular weight is 341 g/mol. The van der Waals surface area contributed by atoms with Gasteiger partial charge in [-0.1, -0.05) is 11.6 Å². The summed E-state index contributed by atoms with van der Waals surface area (Å²) in [4.78, 5) is 20.8. The highest BCUT2D eigenvalue weighted by molar-refractivity contribution is 6.31. The quantitative estimate of drug-likeness (QED) is 0.718. The van der Waals surface area contributed by atoms with E-state index in [9.17, 15) is 4.79 Å². The number of nitrogens with one attached hydrogen (secondary N) is 1. The second-order valence-corrected chi connectivity index (χ2v) is 6.48. The molecule has 0 radical (unpaired) electrons. The number of carbonyl (C=O) groups is 1. The highest BCUT2D eigenvalue weighted by Gasteiger charge is 2.28. The molecule has 0 aliphatic heterocycles. The molecule has 122 valence electrons. The lowest BCUT2D eigenvalue weighted by molar-refractivity contribution is 0.112. The van der Waals surface area contributed by atoms with Crippen molar-refractivity contribution in [2.45, 2.75) is 25.3 Å². The van der Waals surface area contributed by atoms with Crippen molar-refractivity contribution in [1.29, 1.82) is 0 Å². The molecule has 24 heavy (non-hydrogen) atoms. The minimum atomic E-state index is 0.380. The number of halogens is 1. The number of nitrogens with zero attached hydrogens (tertiary/aromatic N) is 3. The Morgan fingerprint density at radius 1 is 1.29 bits per heavy atom. The van der Waals surface area contributed by atoms with Gasteiger partial charge in [-0.3, -0.25) is 4.79 Å². The predicted octanol–water partition coefficient (Wildman–Crippen LogP) is 4.33. The third-order valence-electron chi connectivity index (χ3n) is 4.71. The summed E-state index contributed by atoms with van der Waals surface area (Å²) >= 11 is 6.16. The number of rotatable bonds is 4. The minimum absolute atomic E-state index is 0.380. The van der Waals surface area contributed by atoms with Crippen LogP contribution in [-0.4, -0.2) is 27.9 Å². The number of fused-ring (bicyclic) bond motifs is 1. The standard InChI is InChI=1S/C18H17ClN4O/c1-20-12-8-21-18(22-9-12)17-15(10-24)14-7-11(19)5-6-16(14)23(17)13-3-2-4-13/h5-10,13,20H,2-4H2,1H3. The van der Waals surface area contributed by atoms with Gasteiger partial charge in [-0.05, 0) is 37.5 Å². The van der Waals surface area contributed by atoms with Gasteiger partial charge in [0.2, 0.25) is 0 Å². The first-order chi connectivity index (χ1) is 11.7. The molecule has 1 saturated carbocycles. The number of aldehydes is 1. The van der Waals surface area contributed by atoms with Crippen LogP contribution in [-0.2, 0) is 0 Å². The number of carbonyl (C=O) groups excluding carboxylic acids is 1. The molecular formula is C18H17ClN4O. The van der Waals surface area contributed by atoms with Crippen LogP contribution >= 0.6 is 11.6 Å². The molecule has 4 rings (SSSR count). The highest BCUT2D eigenvalue weighted by atomic mass is 35.5. The molecule has 0 unspecified atom stereocenters. The minimum Gasteiger partial charge on any atom is -0.386 e. The molecule has 0 amide bonds. The largest absolute Gasteiger partial charge is 0.386 e. The summed E-state index contributed by atoms with van der Waals surface area (Å²) in [6, 6.07) is 6.07. The van der Waals surface area contributed by atoms with Crippen molar-refractivity contribution in [1.82, 2.24) is 14.5 Å². The fourth-order valence-corrected chi connectivity index (χ4v) is 3.44. The smallest absolute Gasteiger partial charge is 0.177 e. The van der Waals surface area contributed by atoms with Gasteiger partial charge in [-0.2, -0.15) is 0 Å². The van der Waals surface area contributed by atoms with Crippen molar-refractivity contribution in [3.05, 3.63) is 41.2 Å². The van der Waals surface area contributed by atoms with E-state index in [4.69, 9.17) is 11.6 Å². The SMILES string of the molecule is CNc1cnc(-c2c(C=O)c3cc(Cl)ccc3n2C2CCC2)nc1. The van der Waals surface area contributed by atoms with Crippen LogP contribution in [0.3, 0.4) is 0 Å². The van der Waals surface area contributed by atoms with E-state index in [0.717, 1.165) is 41.4 Å². The van der Waals surface area contributed by atoms with Crippen LogP contribution in [0.15, 0.2) is 30.6 Å². The maximum absolute atomic E-state index is 11.9. The van der Waals surface area contributed by atoms with Gasteiger partial charge in [0.1, 0.15) is 0 Å². The number of benzene rings is 1. The van der Waals surface area contributed by atoms with E-state index in [0.29, 0.717) is 22.5 Å². The van der Waals surface area contributed by atoms with Gasteiger partial charge in [-0.25, -0.2) is 9.97 Å². The van der Waals surface area contributed by atoms with Gasteiger partial charge in [0, 0.05) is 29.0 Å². The van der Waals surface area contributed by atoms with Crippen molar-refractivity contribution < 1.29 is 4.79 Å². The molecule has 1 N–H and O–H groups in total. The van der Waals surface area contributed by atoms with E-state index in [2.05, 4.69) is 19.9 Å². The molecule has 0 saturated heterocycles. The Morgan fingerprint density at radius 2 is 2.04 bits per heavy atom. The van der Waals surface area contributed by atoms with Crippen LogP contribution in [0.5, 0.6) is 0 Å². The topological polar surface area (TPSA) is 59.8 Å². The Morgan fingerprint density at radius 3 is 2.62 bits per heavy atom. The molecule has 2 aromatic heterocycles. The summed E-state index contributed by atoms with van der Waals surface area (Å²) in [5.41, 5.74) is 3.24. The molecule has 0 spiro atoms. The molecule has 0 bridgehead atoms. The fourth-order valence-electron chi connectivity index (χ4n) is 3.26. The van der Waals surface area contributed by atoms with E-state index in [1.54, 1.807) is 12.4 Å². The third-order valence-corrected chi connectivity index (χ3v) is 4.95. The molecule has 1 aliphatic carbocycles. The van der Waals surface area contributed by atoms with Crippen LogP contribution in [0.25, 0.3) is 22.4 Å². The number of aromatic nitrogens is 3. The van der Waals surface area contributed by atoms with Crippen LogP contribution in [0.2, 0.25) is 5.02 Å². The lowest BCUT2D eigenvalue weighted by Gasteiger charge is -2.29. The summed E-state index contributed by atoms with van der Waals surface area (Å²) in [7, 11) is 1.82. The molecule has 3 aromatic rings. The Bertz CT molecular complexity index is 913. The zero-order valence-corrected chi connectivity index (χ0v) is 14.0. The summed E-state index contributed by atoms with van der Waals surface area (Å²) in [5, 5.41) is 4.49. The summed E-state index contributed by atoms with van der Waals surface area (Å²) < 4.78 is 2.22. The molecule has 0 atom stereocenters. The molecule has 1 aliphatic rings. The van der Waals surface area contributed by atoms with E-state index in [1.165, 1.54) is 6.42 Å². The molecular weight excluding hydrogens is 324 g/mol. The Balaban J connectivity index is 2.02. The normalized spacial score (nSPS) is 14.6. The van der Waals surface area contributed by atoms with Crippen LogP contribution < -0.4 is 5.32 Å². The second-order valence-electron chi connectivity index (χ2n) is 6.04. The first kappa shape index (κ1) is 15.1. The van der Waals surface area contributed by atoms with Crippen molar-refractivity contribution in [2.75, 3.05) is 12.4 Å². The van der Waals surface area contributed by atoms with Gasteiger partial charge in [-0.15, -0.1) is 0 Å². The number of anilines is 1. The van der Waals surface area contributed by atoms with Gasteiger partial charge in [0.25, 0.3) is 0 Å². The molecule has 1 aromatic carbocycles. The van der Waals surface area contributed by atoms with Gasteiger partial charge in [0.05, 0.1) is 29.3 Å². The van der Waals surface area contributed by atoms with Gasteiger partial charge in [0.15, 0.2) is 12.1 Å². The van der Waals surface area contributed by atoms with E-state index < -0.39 is 0 Å². The lowest BCUT2D eigenvalue weighted by atomic mass is 9.92. The highest BCUT2D eigenvalue weighted by Crippen LogP contribution is 2.41. The zero-order chi connectivity index (χ0) is 16.7. The zero-order valence-electron chi connectivity index (χ0n) is 13.3. The van der Waals surface area contributed by atoms with Gasteiger partial charge < -0.3 is 9.88 Å². The van der Waals surface area contributed by atoms with Crippen molar-refractivity contribution in [2.24, 2.45) is 0 Å². The Hall–Kier alpha value is -2.40. The second kappa shape index (κ2) is 5.91. The van der Waals surface area contributed by atoms with E-state index >= 15 is 0 Å². The maximum atomic E-state index is 11.9. The van der Waals surface area contributed by atoms with E-state index in [-0.39, 0.29) is 0 Å². The summed E-state index contributed by atoms with van der Waals surface area (Å²) in [6.45, 7) is 0. The predicted molar refractivity (Wildman–Crippen MR) is 95.8 cm³/mol. The molecule has 6 heteroatoms. The van der Waals surface area contributed by atoms with Crippen molar-refractivity contribution in [3.8, 4) is 11.5 Å². The monoisotopic (exact) mass is 340 g/mol. The van der Waals surface area contributed by atoms with Crippen LogP contribution in [0.4, 0.5) is 5.69 Å². The third kappa shape index (κ3) is 2.27. The van der Waals surface area contributed by atoms with Gasteiger partial charge >= 0.3 is 0 Å². The van der Waals surface area contributed by atoms with Crippen molar-refractivity contribution >= 4 is 34.5 Å². The number of hydrogen-bond acceptors (Lipinski definition) is 4. The lowest BCUT2D eigenvalue weighted by Crippen LogP contribution is -2.18. The first-order valence-electron chi connectivity index (χ1n) is 8.01. The Kier molecular flexibility index (Phi) is 3.73. The number of hydrogen-bond donors (Lipinski definition) is 1. The maximum Gasteiger partial charge on any atom is 0.177 e.